The first kappa shape index (κ1) is 15.0. The fraction of sp³-hybridized carbons (Fsp3) is 0.333. The molecule has 1 atom stereocenters. The molecule has 2 heterocycles. The van der Waals surface area contributed by atoms with Gasteiger partial charge in [0.15, 0.2) is 5.69 Å². The van der Waals surface area contributed by atoms with Crippen molar-refractivity contribution in [2.24, 2.45) is 0 Å². The van der Waals surface area contributed by atoms with E-state index in [4.69, 9.17) is 5.11 Å². The van der Waals surface area contributed by atoms with Crippen molar-refractivity contribution in [1.82, 2.24) is 25.6 Å². The van der Waals surface area contributed by atoms with Crippen molar-refractivity contribution < 1.29 is 14.7 Å². The predicted molar refractivity (Wildman–Crippen MR) is 76.3 cm³/mol. The summed E-state index contributed by atoms with van der Waals surface area (Å²) in [5.41, 5.74) is 0.928. The lowest BCUT2D eigenvalue weighted by Gasteiger charge is -2.12. The van der Waals surface area contributed by atoms with Gasteiger partial charge in [-0.2, -0.15) is 0 Å². The fourth-order valence-corrected chi connectivity index (χ4v) is 2.43. The number of nitrogens with one attached hydrogen (secondary N) is 3. The van der Waals surface area contributed by atoms with Gasteiger partial charge in [0.2, 0.25) is 0 Å². The number of carboxylic acid groups (broad SMARTS) is 1. The number of aromatic nitrogens is 3. The highest BCUT2D eigenvalue weighted by Crippen LogP contribution is 2.17. The van der Waals surface area contributed by atoms with Crippen LogP contribution in [0.15, 0.2) is 17.9 Å². The van der Waals surface area contributed by atoms with Gasteiger partial charge in [0.05, 0.1) is 12.4 Å². The van der Waals surface area contributed by atoms with Gasteiger partial charge in [-0.05, 0) is 6.92 Å². The van der Waals surface area contributed by atoms with E-state index in [1.807, 2.05) is 0 Å². The largest absolute Gasteiger partial charge is 0.476 e. The van der Waals surface area contributed by atoms with Crippen LogP contribution in [0.5, 0.6) is 0 Å². The van der Waals surface area contributed by atoms with E-state index < -0.39 is 5.97 Å². The number of carboxylic acids is 1. The second-order valence-corrected chi connectivity index (χ2v) is 5.21. The number of aromatic carboxylic acids is 1. The number of rotatable bonds is 6. The van der Waals surface area contributed by atoms with Crippen LogP contribution in [0.1, 0.15) is 34.2 Å². The van der Waals surface area contributed by atoms with Crippen molar-refractivity contribution in [3.05, 3.63) is 34.3 Å². The first-order chi connectivity index (χ1) is 10.1. The van der Waals surface area contributed by atoms with Crippen LogP contribution in [0.3, 0.4) is 0 Å². The number of H-pyrrole nitrogens is 1. The summed E-state index contributed by atoms with van der Waals surface area (Å²) in [6.45, 7) is 2.22. The molecule has 0 aliphatic heterocycles. The summed E-state index contributed by atoms with van der Waals surface area (Å²) >= 11 is 1.20. The summed E-state index contributed by atoms with van der Waals surface area (Å²) in [7, 11) is 0. The highest BCUT2D eigenvalue weighted by molar-refractivity contribution is 7.09. The molecule has 8 nitrogen and oxygen atoms in total. The van der Waals surface area contributed by atoms with E-state index in [2.05, 4.69) is 25.6 Å². The number of amides is 2. The molecule has 1 unspecified atom stereocenters. The second kappa shape index (κ2) is 6.84. The Bertz CT molecular complexity index is 610. The Balaban J connectivity index is 1.77. The summed E-state index contributed by atoms with van der Waals surface area (Å²) in [5.74, 6) is -1.08. The molecule has 2 aromatic rings. The first-order valence-electron chi connectivity index (χ1n) is 6.26. The number of imidazole rings is 1. The van der Waals surface area contributed by atoms with Crippen molar-refractivity contribution in [2.75, 3.05) is 6.54 Å². The quantitative estimate of drug-likeness (QED) is 0.638. The Morgan fingerprint density at radius 3 is 2.95 bits per heavy atom. The minimum absolute atomic E-state index is 0.0108. The van der Waals surface area contributed by atoms with Crippen molar-refractivity contribution >= 4 is 23.3 Å². The molecule has 9 heteroatoms. The highest BCUT2D eigenvalue weighted by Gasteiger charge is 2.15. The van der Waals surface area contributed by atoms with Gasteiger partial charge >= 0.3 is 12.0 Å². The fourth-order valence-electron chi connectivity index (χ4n) is 1.63. The predicted octanol–water partition coefficient (Wildman–Crippen LogP) is 1.17. The number of aromatic amines is 1. The molecule has 4 N–H and O–H groups in total. The lowest BCUT2D eigenvalue weighted by atomic mass is 10.3. The molecule has 21 heavy (non-hydrogen) atoms. The Hall–Kier alpha value is -2.42. The Labute approximate surface area is 124 Å². The average Bonchev–Trinajstić information content (AvgIpc) is 3.09. The number of nitrogens with zero attached hydrogens (tertiary/aromatic N) is 2. The minimum atomic E-state index is -1.08. The zero-order valence-electron chi connectivity index (χ0n) is 11.3. The molecular weight excluding hydrogens is 294 g/mol. The summed E-state index contributed by atoms with van der Waals surface area (Å²) in [4.78, 5) is 33.2. The van der Waals surface area contributed by atoms with E-state index in [0.717, 1.165) is 5.69 Å². The molecule has 2 amide bonds. The number of thiazole rings is 1. The standard InChI is InChI=1S/C12H15N5O3S/c1-7(10-17-9(5-21-10)11(18)19)16-12(20)14-3-2-8-4-13-6-15-8/h4-7H,2-3H2,1H3,(H,13,15)(H,18,19)(H2,14,16,20). The molecule has 0 saturated heterocycles. The van der Waals surface area contributed by atoms with Gasteiger partial charge in [-0.15, -0.1) is 11.3 Å². The van der Waals surface area contributed by atoms with Crippen LogP contribution in [0.2, 0.25) is 0 Å². The lowest BCUT2D eigenvalue weighted by molar-refractivity contribution is 0.0691. The third kappa shape index (κ3) is 4.28. The maximum atomic E-state index is 11.7. The summed E-state index contributed by atoms with van der Waals surface area (Å²) < 4.78 is 0. The van der Waals surface area contributed by atoms with E-state index in [9.17, 15) is 9.59 Å². The van der Waals surface area contributed by atoms with Gasteiger partial charge in [0.1, 0.15) is 5.01 Å². The third-order valence-corrected chi connectivity index (χ3v) is 3.72. The topological polar surface area (TPSA) is 120 Å². The van der Waals surface area contributed by atoms with Crippen LogP contribution in [0.4, 0.5) is 4.79 Å². The normalized spacial score (nSPS) is 11.9. The van der Waals surface area contributed by atoms with Crippen molar-refractivity contribution in [1.29, 1.82) is 0 Å². The maximum absolute atomic E-state index is 11.7. The summed E-state index contributed by atoms with van der Waals surface area (Å²) in [6.07, 6.45) is 3.94. The van der Waals surface area contributed by atoms with Crippen LogP contribution in [0, 0.1) is 0 Å². The molecule has 2 rings (SSSR count). The lowest BCUT2D eigenvalue weighted by Crippen LogP contribution is -2.38. The molecule has 112 valence electrons. The number of hydrogen-bond donors (Lipinski definition) is 4. The van der Waals surface area contributed by atoms with E-state index in [1.54, 1.807) is 19.4 Å². The molecule has 0 aliphatic rings. The van der Waals surface area contributed by atoms with Gasteiger partial charge in [0.25, 0.3) is 0 Å². The molecule has 0 bridgehead atoms. The number of urea groups is 1. The zero-order valence-corrected chi connectivity index (χ0v) is 12.1. The molecule has 0 fully saturated rings. The van der Waals surface area contributed by atoms with Crippen LogP contribution < -0.4 is 10.6 Å². The molecule has 0 spiro atoms. The van der Waals surface area contributed by atoms with Crippen LogP contribution in [-0.4, -0.2) is 38.6 Å². The number of carbonyl (C=O) groups is 2. The zero-order chi connectivity index (χ0) is 15.2. The van der Waals surface area contributed by atoms with Gasteiger partial charge < -0.3 is 20.7 Å². The SMILES string of the molecule is CC(NC(=O)NCCc1cnc[nH]1)c1nc(C(=O)O)cs1. The highest BCUT2D eigenvalue weighted by atomic mass is 32.1. The third-order valence-electron chi connectivity index (χ3n) is 2.69. The van der Waals surface area contributed by atoms with E-state index in [0.29, 0.717) is 18.0 Å². The van der Waals surface area contributed by atoms with Gasteiger partial charge in [0, 0.05) is 30.2 Å². The van der Waals surface area contributed by atoms with Crippen LogP contribution in [-0.2, 0) is 6.42 Å². The Kier molecular flexibility index (Phi) is 4.88. The van der Waals surface area contributed by atoms with E-state index in [1.165, 1.54) is 16.7 Å². The molecule has 0 aromatic carbocycles. The van der Waals surface area contributed by atoms with E-state index in [-0.39, 0.29) is 17.8 Å². The Morgan fingerprint density at radius 2 is 2.33 bits per heavy atom. The molecular formula is C12H15N5O3S. The van der Waals surface area contributed by atoms with Crippen LogP contribution in [0.25, 0.3) is 0 Å². The van der Waals surface area contributed by atoms with Gasteiger partial charge in [-0.1, -0.05) is 0 Å². The van der Waals surface area contributed by atoms with E-state index >= 15 is 0 Å². The monoisotopic (exact) mass is 309 g/mol. The van der Waals surface area contributed by atoms with Crippen LogP contribution >= 0.6 is 11.3 Å². The average molecular weight is 309 g/mol. The molecule has 2 aromatic heterocycles. The van der Waals surface area contributed by atoms with Gasteiger partial charge in [-0.3, -0.25) is 0 Å². The van der Waals surface area contributed by atoms with Gasteiger partial charge in [-0.25, -0.2) is 19.6 Å². The molecule has 0 saturated carbocycles. The molecule has 0 radical (unpaired) electrons. The van der Waals surface area contributed by atoms with Crippen molar-refractivity contribution in [2.45, 2.75) is 19.4 Å². The number of carbonyl (C=O) groups excluding carboxylic acids is 1. The Morgan fingerprint density at radius 1 is 1.52 bits per heavy atom. The second-order valence-electron chi connectivity index (χ2n) is 4.32. The summed E-state index contributed by atoms with van der Waals surface area (Å²) in [6, 6.07) is -0.677. The first-order valence-corrected chi connectivity index (χ1v) is 7.14. The number of hydrogen-bond acceptors (Lipinski definition) is 5. The molecule has 0 aliphatic carbocycles. The van der Waals surface area contributed by atoms with Crippen molar-refractivity contribution in [3.63, 3.8) is 0 Å². The van der Waals surface area contributed by atoms with Crippen molar-refractivity contribution in [3.8, 4) is 0 Å². The maximum Gasteiger partial charge on any atom is 0.355 e. The minimum Gasteiger partial charge on any atom is -0.476 e. The smallest absolute Gasteiger partial charge is 0.355 e. The summed E-state index contributed by atoms with van der Waals surface area (Å²) in [5, 5.41) is 16.2.